The van der Waals surface area contributed by atoms with Crippen molar-refractivity contribution in [3.05, 3.63) is 71.8 Å². The van der Waals surface area contributed by atoms with Crippen LogP contribution in [0, 0.1) is 0 Å². The molecule has 2 aromatic carbocycles. The Kier molecular flexibility index (Phi) is 46.8. The van der Waals surface area contributed by atoms with Crippen LogP contribution >= 0.6 is 0 Å². The SMILES string of the molecule is CCCCCCCCCCCCCCCCCC/C=C/C(=Nc1ccc(CCCC(C)=O)cc1)C(CCCCCCCCCCCCCCCCCCCCCCCCCCC)=Nc1ccc(CCCC(C)=O)cc1. The van der Waals surface area contributed by atoms with Crippen LogP contribution in [-0.4, -0.2) is 23.0 Å². The van der Waals surface area contributed by atoms with Crippen molar-refractivity contribution in [3.63, 3.8) is 0 Å². The second-order valence-electron chi connectivity index (χ2n) is 23.2. The monoisotopic (exact) mass is 1030 g/mol. The summed E-state index contributed by atoms with van der Waals surface area (Å²) in [4.78, 5) is 33.8. The van der Waals surface area contributed by atoms with Crippen LogP contribution in [0.25, 0.3) is 0 Å². The highest BCUT2D eigenvalue weighted by Crippen LogP contribution is 2.23. The smallest absolute Gasteiger partial charge is 0.129 e. The lowest BCUT2D eigenvalue weighted by Crippen LogP contribution is -2.12. The van der Waals surface area contributed by atoms with E-state index >= 15 is 0 Å². The number of carbonyl (C=O) groups excluding carboxylic acids is 2. The third kappa shape index (κ3) is 43.5. The summed E-state index contributed by atoms with van der Waals surface area (Å²) in [5.74, 6) is 0.516. The molecule has 0 saturated heterocycles. The van der Waals surface area contributed by atoms with Gasteiger partial charge in [0.2, 0.25) is 0 Å². The lowest BCUT2D eigenvalue weighted by molar-refractivity contribution is -0.117. The van der Waals surface area contributed by atoms with E-state index in [1.165, 1.54) is 268 Å². The fraction of sp³-hybridized carbons (Fsp3) is 0.746. The summed E-state index contributed by atoms with van der Waals surface area (Å²) in [6, 6.07) is 17.3. The van der Waals surface area contributed by atoms with E-state index in [2.05, 4.69) is 74.5 Å². The van der Waals surface area contributed by atoms with Gasteiger partial charge in [0, 0.05) is 12.8 Å². The molecule has 0 aliphatic rings. The van der Waals surface area contributed by atoms with Gasteiger partial charge in [-0.3, -0.25) is 4.99 Å². The first kappa shape index (κ1) is 68.0. The van der Waals surface area contributed by atoms with Gasteiger partial charge >= 0.3 is 0 Å². The van der Waals surface area contributed by atoms with Crippen molar-refractivity contribution in [1.82, 2.24) is 0 Å². The van der Waals surface area contributed by atoms with Crippen molar-refractivity contribution in [2.24, 2.45) is 9.98 Å². The molecule has 0 saturated carbocycles. The summed E-state index contributed by atoms with van der Waals surface area (Å²) in [5.41, 5.74) is 6.49. The van der Waals surface area contributed by atoms with Crippen molar-refractivity contribution in [3.8, 4) is 0 Å². The minimum Gasteiger partial charge on any atom is -0.300 e. The zero-order valence-corrected chi connectivity index (χ0v) is 50.1. The molecule has 0 N–H and O–H groups in total. The van der Waals surface area contributed by atoms with E-state index in [4.69, 9.17) is 9.98 Å². The molecule has 0 aromatic heterocycles. The second-order valence-corrected chi connectivity index (χ2v) is 23.2. The minimum atomic E-state index is 0.257. The molecule has 0 aliphatic heterocycles. The summed E-state index contributed by atoms with van der Waals surface area (Å²) in [5, 5.41) is 0. The average molecular weight is 1030 g/mol. The van der Waals surface area contributed by atoms with Crippen molar-refractivity contribution >= 4 is 34.4 Å². The van der Waals surface area contributed by atoms with Gasteiger partial charge in [0.05, 0.1) is 22.8 Å². The molecule has 0 atom stereocenters. The Morgan fingerprint density at radius 1 is 0.333 bits per heavy atom. The predicted molar refractivity (Wildman–Crippen MR) is 333 cm³/mol. The van der Waals surface area contributed by atoms with Crippen LogP contribution in [0.1, 0.15) is 341 Å². The van der Waals surface area contributed by atoms with E-state index in [1.807, 2.05) is 0 Å². The van der Waals surface area contributed by atoms with E-state index in [9.17, 15) is 9.59 Å². The Balaban J connectivity index is 1.86. The van der Waals surface area contributed by atoms with Gasteiger partial charge in [-0.15, -0.1) is 0 Å². The van der Waals surface area contributed by atoms with Crippen LogP contribution in [0.15, 0.2) is 70.7 Å². The molecule has 4 heteroatoms. The zero-order valence-electron chi connectivity index (χ0n) is 50.1. The Labute approximate surface area is 465 Å². The number of allylic oxidation sites excluding steroid dienone is 2. The lowest BCUT2D eigenvalue weighted by Gasteiger charge is -2.10. The average Bonchev–Trinajstić information content (AvgIpc) is 3.40. The van der Waals surface area contributed by atoms with Crippen LogP contribution in [0.4, 0.5) is 11.4 Å². The normalized spacial score (nSPS) is 12.2. The van der Waals surface area contributed by atoms with E-state index in [-0.39, 0.29) is 11.6 Å². The number of hydrogen-bond acceptors (Lipinski definition) is 4. The predicted octanol–water partition coefficient (Wildman–Crippen LogP) is 23.7. The fourth-order valence-electron chi connectivity index (χ4n) is 10.7. The Bertz CT molecular complexity index is 1690. The van der Waals surface area contributed by atoms with E-state index in [0.29, 0.717) is 12.8 Å². The molecule has 0 radical (unpaired) electrons. The van der Waals surface area contributed by atoms with Crippen molar-refractivity contribution in [2.75, 3.05) is 0 Å². The Hall–Kier alpha value is -3.14. The first-order valence-electron chi connectivity index (χ1n) is 32.9. The van der Waals surface area contributed by atoms with Crippen molar-refractivity contribution in [1.29, 1.82) is 0 Å². The summed E-state index contributed by atoms with van der Waals surface area (Å²) < 4.78 is 0. The summed E-state index contributed by atoms with van der Waals surface area (Å²) in [6.07, 6.45) is 68.7. The quantitative estimate of drug-likeness (QED) is 0.0490. The number of aryl methyl sites for hydroxylation is 2. The molecule has 0 fully saturated rings. The number of unbranched alkanes of at least 4 members (excludes halogenated alkanes) is 40. The molecule has 0 aliphatic carbocycles. The number of nitrogens with zero attached hydrogens (tertiary/aromatic N) is 2. The summed E-state index contributed by atoms with van der Waals surface area (Å²) in [6.45, 7) is 7.97. The number of aliphatic imine (C=N–C) groups is 2. The highest BCUT2D eigenvalue weighted by molar-refractivity contribution is 6.47. The van der Waals surface area contributed by atoms with Gasteiger partial charge in [-0.2, -0.15) is 0 Å². The van der Waals surface area contributed by atoms with E-state index in [0.717, 1.165) is 67.7 Å². The van der Waals surface area contributed by atoms with E-state index in [1.54, 1.807) is 13.8 Å². The molecule has 75 heavy (non-hydrogen) atoms. The maximum absolute atomic E-state index is 11.6. The number of Topliss-reactive ketones (excluding diaryl/α,β-unsaturated/α-hetero) is 2. The number of rotatable bonds is 55. The van der Waals surface area contributed by atoms with Gasteiger partial charge in [0.15, 0.2) is 0 Å². The molecule has 0 spiro atoms. The van der Waals surface area contributed by atoms with E-state index < -0.39 is 0 Å². The first-order valence-corrected chi connectivity index (χ1v) is 32.9. The van der Waals surface area contributed by atoms with Gasteiger partial charge in [-0.25, -0.2) is 4.99 Å². The van der Waals surface area contributed by atoms with Crippen LogP contribution in [0.2, 0.25) is 0 Å². The molecule has 0 heterocycles. The Morgan fingerprint density at radius 3 is 0.920 bits per heavy atom. The number of benzene rings is 2. The maximum atomic E-state index is 11.6. The molecule has 0 unspecified atom stereocenters. The zero-order chi connectivity index (χ0) is 53.8. The number of carbonyl (C=O) groups is 2. The fourth-order valence-corrected chi connectivity index (χ4v) is 10.7. The summed E-state index contributed by atoms with van der Waals surface area (Å²) >= 11 is 0. The lowest BCUT2D eigenvalue weighted by atomic mass is 10.0. The molecule has 0 amide bonds. The van der Waals surface area contributed by atoms with Gasteiger partial charge in [0.1, 0.15) is 11.6 Å². The molecule has 4 nitrogen and oxygen atoms in total. The molecule has 426 valence electrons. The highest BCUT2D eigenvalue weighted by Gasteiger charge is 2.10. The molecule has 0 bridgehead atoms. The first-order chi connectivity index (χ1) is 36.9. The number of ketones is 2. The molecule has 2 rings (SSSR count). The van der Waals surface area contributed by atoms with Gasteiger partial charge in [0.25, 0.3) is 0 Å². The van der Waals surface area contributed by atoms with Crippen LogP contribution in [0.5, 0.6) is 0 Å². The molecular weight excluding hydrogens is 913 g/mol. The van der Waals surface area contributed by atoms with Crippen molar-refractivity contribution in [2.45, 2.75) is 342 Å². The largest absolute Gasteiger partial charge is 0.300 e. The number of hydrogen-bond donors (Lipinski definition) is 0. The Morgan fingerprint density at radius 2 is 0.613 bits per heavy atom. The second kappa shape index (κ2) is 51.6. The van der Waals surface area contributed by atoms with Gasteiger partial charge in [-0.1, -0.05) is 295 Å². The topological polar surface area (TPSA) is 58.9 Å². The molecular formula is C71H120N2O2. The minimum absolute atomic E-state index is 0.257. The van der Waals surface area contributed by atoms with Crippen LogP contribution in [-0.2, 0) is 22.4 Å². The van der Waals surface area contributed by atoms with Crippen LogP contribution in [0.3, 0.4) is 0 Å². The molecule has 2 aromatic rings. The van der Waals surface area contributed by atoms with Crippen LogP contribution < -0.4 is 0 Å². The highest BCUT2D eigenvalue weighted by atomic mass is 16.1. The van der Waals surface area contributed by atoms with Gasteiger partial charge < -0.3 is 9.59 Å². The summed E-state index contributed by atoms with van der Waals surface area (Å²) in [7, 11) is 0. The third-order valence-corrected chi connectivity index (χ3v) is 15.7. The standard InChI is InChI=1S/C71H120N2O2/c1-5-7-9-11-13-15-17-19-21-23-25-26-27-28-29-30-31-33-35-37-39-41-43-45-47-55-71(73-69-62-58-67(59-63-69)53-49-51-65(4)75)70(72-68-60-56-66(57-61-68)52-48-50-64(3)74)54-46-44-42-40-38-36-34-32-24-22-20-18-16-14-12-10-8-6-2/h46,54,56-63H,5-45,47-53,55H2,1-4H3/b54-46+,72-70?,73-71?. The maximum Gasteiger partial charge on any atom is 0.129 e. The third-order valence-electron chi connectivity index (χ3n) is 15.7. The van der Waals surface area contributed by atoms with Gasteiger partial charge in [-0.05, 0) is 107 Å². The van der Waals surface area contributed by atoms with Crippen molar-refractivity contribution < 1.29 is 9.59 Å².